The molecule has 98 valence electrons. The highest BCUT2D eigenvalue weighted by Crippen LogP contribution is 2.22. The Morgan fingerprint density at radius 2 is 2.06 bits per heavy atom. The first-order chi connectivity index (χ1) is 8.63. The van der Waals surface area contributed by atoms with E-state index in [0.29, 0.717) is 12.1 Å². The van der Waals surface area contributed by atoms with E-state index in [1.165, 1.54) is 0 Å². The molecule has 1 saturated carbocycles. The van der Waals surface area contributed by atoms with Crippen LogP contribution in [0.4, 0.5) is 5.69 Å². The summed E-state index contributed by atoms with van der Waals surface area (Å²) >= 11 is 6.04. The topological polar surface area (TPSA) is 55.1 Å². The van der Waals surface area contributed by atoms with E-state index in [1.54, 1.807) is 0 Å². The van der Waals surface area contributed by atoms with Gasteiger partial charge >= 0.3 is 0 Å². The van der Waals surface area contributed by atoms with Crippen molar-refractivity contribution in [1.82, 2.24) is 5.32 Å². The van der Waals surface area contributed by atoms with Gasteiger partial charge in [0.2, 0.25) is 5.91 Å². The number of nitrogens with two attached hydrogens (primary N) is 1. The molecule has 0 radical (unpaired) electrons. The summed E-state index contributed by atoms with van der Waals surface area (Å²) in [4.78, 5) is 11.9. The number of alkyl halides is 1. The third-order valence-electron chi connectivity index (χ3n) is 3.34. The Labute approximate surface area is 113 Å². The van der Waals surface area contributed by atoms with Crippen molar-refractivity contribution in [2.24, 2.45) is 0 Å². The number of benzene rings is 1. The van der Waals surface area contributed by atoms with Gasteiger partial charge in [0.05, 0.1) is 6.42 Å². The second kappa shape index (κ2) is 6.10. The number of hydrogen-bond acceptors (Lipinski definition) is 2. The van der Waals surface area contributed by atoms with E-state index in [9.17, 15) is 4.79 Å². The standard InChI is InChI=1S/C14H19ClN2O/c15-11-4-6-13(7-5-11)17-14(18)9-10-2-1-3-12(16)8-10/h1-3,8,11,13H,4-7,9,16H2,(H,17,18). The molecule has 0 heterocycles. The zero-order chi connectivity index (χ0) is 13.0. The first-order valence-corrected chi connectivity index (χ1v) is 6.85. The monoisotopic (exact) mass is 266 g/mol. The molecule has 0 unspecified atom stereocenters. The lowest BCUT2D eigenvalue weighted by atomic mass is 9.95. The minimum Gasteiger partial charge on any atom is -0.399 e. The van der Waals surface area contributed by atoms with Crippen LogP contribution in [-0.4, -0.2) is 17.3 Å². The van der Waals surface area contributed by atoms with Gasteiger partial charge in [-0.3, -0.25) is 4.79 Å². The van der Waals surface area contributed by atoms with Crippen LogP contribution in [0.3, 0.4) is 0 Å². The van der Waals surface area contributed by atoms with Crippen LogP contribution in [-0.2, 0) is 11.2 Å². The fourth-order valence-corrected chi connectivity index (χ4v) is 2.62. The third-order valence-corrected chi connectivity index (χ3v) is 3.77. The molecule has 1 fully saturated rings. The van der Waals surface area contributed by atoms with Gasteiger partial charge in [-0.2, -0.15) is 0 Å². The summed E-state index contributed by atoms with van der Waals surface area (Å²) in [6, 6.07) is 7.74. The number of nitrogen functional groups attached to an aromatic ring is 1. The van der Waals surface area contributed by atoms with Crippen molar-refractivity contribution < 1.29 is 4.79 Å². The average Bonchev–Trinajstić information content (AvgIpc) is 2.32. The van der Waals surface area contributed by atoms with Crippen LogP contribution in [0.15, 0.2) is 24.3 Å². The fourth-order valence-electron chi connectivity index (χ4n) is 2.36. The number of hydrogen-bond donors (Lipinski definition) is 2. The Bertz CT molecular complexity index is 414. The SMILES string of the molecule is Nc1cccc(CC(=O)NC2CCC(Cl)CC2)c1. The van der Waals surface area contributed by atoms with Crippen LogP contribution in [0.5, 0.6) is 0 Å². The van der Waals surface area contributed by atoms with Gasteiger partial charge < -0.3 is 11.1 Å². The summed E-state index contributed by atoms with van der Waals surface area (Å²) in [7, 11) is 0. The highest BCUT2D eigenvalue weighted by atomic mass is 35.5. The summed E-state index contributed by atoms with van der Waals surface area (Å²) in [5, 5.41) is 3.35. The van der Waals surface area contributed by atoms with Crippen LogP contribution >= 0.6 is 11.6 Å². The molecule has 1 aliphatic rings. The van der Waals surface area contributed by atoms with E-state index in [-0.39, 0.29) is 17.3 Å². The zero-order valence-electron chi connectivity index (χ0n) is 10.4. The predicted octanol–water partition coefficient (Wildman–Crippen LogP) is 2.48. The van der Waals surface area contributed by atoms with Gasteiger partial charge in [0.1, 0.15) is 0 Å². The molecule has 0 aliphatic heterocycles. The molecule has 0 saturated heterocycles. The fraction of sp³-hybridized carbons (Fsp3) is 0.500. The molecule has 1 aromatic rings. The first kappa shape index (κ1) is 13.2. The van der Waals surface area contributed by atoms with Gasteiger partial charge in [-0.15, -0.1) is 11.6 Å². The molecule has 1 aromatic carbocycles. The first-order valence-electron chi connectivity index (χ1n) is 6.41. The van der Waals surface area contributed by atoms with Crippen molar-refractivity contribution in [3.63, 3.8) is 0 Å². The van der Waals surface area contributed by atoms with Crippen LogP contribution < -0.4 is 11.1 Å². The highest BCUT2D eigenvalue weighted by Gasteiger charge is 2.20. The average molecular weight is 267 g/mol. The summed E-state index contributed by atoms with van der Waals surface area (Å²) in [6.07, 6.45) is 4.34. The number of nitrogens with one attached hydrogen (secondary N) is 1. The van der Waals surface area contributed by atoms with Gasteiger partial charge in [0, 0.05) is 17.1 Å². The van der Waals surface area contributed by atoms with Crippen molar-refractivity contribution in [2.45, 2.75) is 43.5 Å². The summed E-state index contributed by atoms with van der Waals surface area (Å²) in [5.41, 5.74) is 7.34. The van der Waals surface area contributed by atoms with Crippen LogP contribution in [0.25, 0.3) is 0 Å². The summed E-state index contributed by atoms with van der Waals surface area (Å²) in [5.74, 6) is 0.0682. The molecule has 0 atom stereocenters. The molecule has 1 aliphatic carbocycles. The smallest absolute Gasteiger partial charge is 0.224 e. The van der Waals surface area contributed by atoms with Gasteiger partial charge in [-0.05, 0) is 43.4 Å². The molecular weight excluding hydrogens is 248 g/mol. The number of halogens is 1. The molecule has 3 N–H and O–H groups in total. The maximum atomic E-state index is 11.9. The van der Waals surface area contributed by atoms with Crippen molar-refractivity contribution in [2.75, 3.05) is 5.73 Å². The number of carbonyl (C=O) groups excluding carboxylic acids is 1. The van der Waals surface area contributed by atoms with Crippen molar-refractivity contribution >= 4 is 23.2 Å². The highest BCUT2D eigenvalue weighted by molar-refractivity contribution is 6.20. The van der Waals surface area contributed by atoms with Gasteiger partial charge in [-0.1, -0.05) is 12.1 Å². The van der Waals surface area contributed by atoms with E-state index < -0.39 is 0 Å². The van der Waals surface area contributed by atoms with Gasteiger partial charge in [0.25, 0.3) is 0 Å². The van der Waals surface area contributed by atoms with E-state index in [0.717, 1.165) is 31.2 Å². The van der Waals surface area contributed by atoms with Crippen molar-refractivity contribution in [3.05, 3.63) is 29.8 Å². The Morgan fingerprint density at radius 3 is 2.72 bits per heavy atom. The molecule has 3 nitrogen and oxygen atoms in total. The van der Waals surface area contributed by atoms with E-state index >= 15 is 0 Å². The molecule has 1 amide bonds. The van der Waals surface area contributed by atoms with Crippen molar-refractivity contribution in [3.8, 4) is 0 Å². The zero-order valence-corrected chi connectivity index (χ0v) is 11.1. The van der Waals surface area contributed by atoms with Gasteiger partial charge in [0.15, 0.2) is 0 Å². The minimum absolute atomic E-state index is 0.0682. The Balaban J connectivity index is 1.82. The van der Waals surface area contributed by atoms with Crippen LogP contribution in [0.1, 0.15) is 31.2 Å². The molecule has 2 rings (SSSR count). The Morgan fingerprint density at radius 1 is 1.33 bits per heavy atom. The molecule has 4 heteroatoms. The maximum absolute atomic E-state index is 11.9. The quantitative estimate of drug-likeness (QED) is 0.652. The number of carbonyl (C=O) groups is 1. The molecule has 0 spiro atoms. The lowest BCUT2D eigenvalue weighted by Crippen LogP contribution is -2.38. The van der Waals surface area contributed by atoms with Gasteiger partial charge in [-0.25, -0.2) is 0 Å². The Hall–Kier alpha value is -1.22. The number of rotatable bonds is 3. The largest absolute Gasteiger partial charge is 0.399 e. The molecular formula is C14H19ClN2O. The molecule has 0 bridgehead atoms. The molecule has 0 aromatic heterocycles. The number of amides is 1. The second-order valence-corrected chi connectivity index (χ2v) is 5.56. The molecule has 18 heavy (non-hydrogen) atoms. The van der Waals surface area contributed by atoms with Crippen molar-refractivity contribution in [1.29, 1.82) is 0 Å². The maximum Gasteiger partial charge on any atom is 0.224 e. The summed E-state index contributed by atoms with van der Waals surface area (Å²) < 4.78 is 0. The minimum atomic E-state index is 0.0682. The van der Waals surface area contributed by atoms with E-state index in [4.69, 9.17) is 17.3 Å². The predicted molar refractivity (Wildman–Crippen MR) is 74.6 cm³/mol. The normalized spacial score (nSPS) is 23.6. The van der Waals surface area contributed by atoms with E-state index in [2.05, 4.69) is 5.32 Å². The summed E-state index contributed by atoms with van der Waals surface area (Å²) in [6.45, 7) is 0. The van der Waals surface area contributed by atoms with E-state index in [1.807, 2.05) is 24.3 Å². The van der Waals surface area contributed by atoms with Crippen LogP contribution in [0.2, 0.25) is 0 Å². The lowest BCUT2D eigenvalue weighted by Gasteiger charge is -2.25. The lowest BCUT2D eigenvalue weighted by molar-refractivity contribution is -0.121. The Kier molecular flexibility index (Phi) is 4.48. The van der Waals surface area contributed by atoms with Crippen LogP contribution in [0, 0.1) is 0 Å². The third kappa shape index (κ3) is 3.91. The number of anilines is 1. The second-order valence-electron chi connectivity index (χ2n) is 4.94.